The predicted molar refractivity (Wildman–Crippen MR) is 87.1 cm³/mol. The molecule has 1 saturated heterocycles. The average molecular weight is 345 g/mol. The molecule has 3 atom stereocenters. The first-order valence-corrected chi connectivity index (χ1v) is 8.53. The Hall–Kier alpha value is -2.28. The highest BCUT2D eigenvalue weighted by molar-refractivity contribution is 6.00. The second kappa shape index (κ2) is 6.55. The van der Waals surface area contributed by atoms with E-state index in [1.807, 2.05) is 0 Å². The Labute approximate surface area is 144 Å². The molecule has 4 rings (SSSR count). The van der Waals surface area contributed by atoms with E-state index in [-0.39, 0.29) is 5.82 Å². The zero-order chi connectivity index (χ0) is 17.4. The third-order valence-corrected chi connectivity index (χ3v) is 5.34. The summed E-state index contributed by atoms with van der Waals surface area (Å²) in [7, 11) is 0. The van der Waals surface area contributed by atoms with Crippen LogP contribution in [0.1, 0.15) is 35.4 Å². The van der Waals surface area contributed by atoms with Gasteiger partial charge in [0.05, 0.1) is 12.7 Å². The number of benzene rings is 1. The first kappa shape index (κ1) is 16.2. The van der Waals surface area contributed by atoms with Gasteiger partial charge in [0.2, 0.25) is 0 Å². The van der Waals surface area contributed by atoms with E-state index >= 15 is 0 Å². The molecule has 0 spiro atoms. The Bertz CT molecular complexity index is 805. The molecule has 2 fully saturated rings. The van der Waals surface area contributed by atoms with E-state index in [9.17, 15) is 9.60 Å². The van der Waals surface area contributed by atoms with Gasteiger partial charge in [0.15, 0.2) is 5.69 Å². The molecule has 2 heterocycles. The molecule has 6 nitrogen and oxygen atoms in total. The van der Waals surface area contributed by atoms with E-state index < -0.39 is 0 Å². The van der Waals surface area contributed by atoms with Crippen molar-refractivity contribution in [3.63, 3.8) is 0 Å². The SMILES string of the molecule is Cc1cc(CC(=NO)c2nonc2CC2CC3CC2CO3)ccc1F. The van der Waals surface area contributed by atoms with Crippen molar-refractivity contribution in [3.05, 3.63) is 46.5 Å². The van der Waals surface area contributed by atoms with Gasteiger partial charge in [-0.05, 0) is 60.4 Å². The van der Waals surface area contributed by atoms with Crippen LogP contribution in [0.4, 0.5) is 4.39 Å². The van der Waals surface area contributed by atoms with Crippen LogP contribution in [0.3, 0.4) is 0 Å². The van der Waals surface area contributed by atoms with Crippen LogP contribution in [-0.4, -0.2) is 33.9 Å². The molecule has 2 aliphatic rings. The Kier molecular flexibility index (Phi) is 4.25. The van der Waals surface area contributed by atoms with E-state index in [2.05, 4.69) is 15.5 Å². The number of ether oxygens (including phenoxy) is 1. The number of fused-ring (bicyclic) bond motifs is 2. The fourth-order valence-electron chi connectivity index (χ4n) is 3.99. The third-order valence-electron chi connectivity index (χ3n) is 5.34. The number of nitrogens with zero attached hydrogens (tertiary/aromatic N) is 3. The number of oxime groups is 1. The van der Waals surface area contributed by atoms with Crippen molar-refractivity contribution >= 4 is 5.71 Å². The number of aromatic nitrogens is 2. The van der Waals surface area contributed by atoms with Crippen molar-refractivity contribution in [2.75, 3.05) is 6.61 Å². The number of rotatable bonds is 5. The van der Waals surface area contributed by atoms with Gasteiger partial charge in [0.25, 0.3) is 0 Å². The van der Waals surface area contributed by atoms with Gasteiger partial charge in [0.1, 0.15) is 17.2 Å². The standard InChI is InChI=1S/C18H20FN3O3/c1-10-4-11(2-3-15(10)19)5-16(20-23)18-17(21-25-22-18)8-12-6-14-7-13(12)9-24-14/h2-4,12-14,23H,5-9H2,1H3. The first-order valence-electron chi connectivity index (χ1n) is 8.53. The van der Waals surface area contributed by atoms with Crippen molar-refractivity contribution < 1.29 is 19.0 Å². The van der Waals surface area contributed by atoms with Crippen LogP contribution >= 0.6 is 0 Å². The van der Waals surface area contributed by atoms with Gasteiger partial charge in [-0.25, -0.2) is 9.02 Å². The minimum absolute atomic E-state index is 0.256. The Morgan fingerprint density at radius 3 is 2.92 bits per heavy atom. The van der Waals surface area contributed by atoms with E-state index in [1.165, 1.54) is 6.07 Å². The second-order valence-electron chi connectivity index (χ2n) is 7.02. The Morgan fingerprint density at radius 1 is 1.36 bits per heavy atom. The average Bonchev–Trinajstić information content (AvgIpc) is 3.33. The van der Waals surface area contributed by atoms with E-state index in [4.69, 9.17) is 9.37 Å². The lowest BCUT2D eigenvalue weighted by atomic mass is 9.90. The number of hydrogen-bond donors (Lipinski definition) is 1. The van der Waals surface area contributed by atoms with Crippen LogP contribution < -0.4 is 0 Å². The van der Waals surface area contributed by atoms with Crippen molar-refractivity contribution in [3.8, 4) is 0 Å². The monoisotopic (exact) mass is 345 g/mol. The van der Waals surface area contributed by atoms with Crippen LogP contribution in [0.15, 0.2) is 28.0 Å². The summed E-state index contributed by atoms with van der Waals surface area (Å²) >= 11 is 0. The van der Waals surface area contributed by atoms with E-state index in [0.717, 1.165) is 31.4 Å². The molecule has 1 aliphatic heterocycles. The summed E-state index contributed by atoms with van der Waals surface area (Å²) < 4.78 is 24.0. The zero-order valence-electron chi connectivity index (χ0n) is 14.0. The largest absolute Gasteiger partial charge is 0.411 e. The molecule has 2 bridgehead atoms. The Balaban J connectivity index is 1.52. The molecule has 1 saturated carbocycles. The lowest BCUT2D eigenvalue weighted by Gasteiger charge is -2.20. The molecule has 0 amide bonds. The van der Waals surface area contributed by atoms with Crippen molar-refractivity contribution in [2.45, 2.75) is 38.7 Å². The molecular weight excluding hydrogens is 325 g/mol. The van der Waals surface area contributed by atoms with Crippen molar-refractivity contribution in [1.29, 1.82) is 0 Å². The summed E-state index contributed by atoms with van der Waals surface area (Å²) in [6.45, 7) is 2.51. The molecule has 7 heteroatoms. The second-order valence-corrected chi connectivity index (χ2v) is 7.02. The fraction of sp³-hybridized carbons (Fsp3) is 0.500. The van der Waals surface area contributed by atoms with Gasteiger partial charge < -0.3 is 9.94 Å². The molecule has 0 radical (unpaired) electrons. The molecule has 25 heavy (non-hydrogen) atoms. The summed E-state index contributed by atoms with van der Waals surface area (Å²) in [6, 6.07) is 4.83. The quantitative estimate of drug-likeness (QED) is 0.512. The molecule has 1 aromatic carbocycles. The molecule has 1 aliphatic carbocycles. The lowest BCUT2D eigenvalue weighted by molar-refractivity contribution is 0.0521. The molecule has 132 valence electrons. The van der Waals surface area contributed by atoms with Gasteiger partial charge in [-0.3, -0.25) is 0 Å². The Morgan fingerprint density at radius 2 is 2.24 bits per heavy atom. The molecule has 3 unspecified atom stereocenters. The summed E-state index contributed by atoms with van der Waals surface area (Å²) in [4.78, 5) is 0. The highest BCUT2D eigenvalue weighted by Crippen LogP contribution is 2.41. The van der Waals surface area contributed by atoms with E-state index in [1.54, 1.807) is 19.1 Å². The zero-order valence-corrected chi connectivity index (χ0v) is 14.0. The van der Waals surface area contributed by atoms with Crippen LogP contribution in [0.5, 0.6) is 0 Å². The predicted octanol–water partition coefficient (Wildman–Crippen LogP) is 2.91. The number of aryl methyl sites for hydroxylation is 1. The topological polar surface area (TPSA) is 80.7 Å². The summed E-state index contributed by atoms with van der Waals surface area (Å²) in [5.41, 5.74) is 2.96. The van der Waals surface area contributed by atoms with Crippen molar-refractivity contribution in [1.82, 2.24) is 10.3 Å². The van der Waals surface area contributed by atoms with Gasteiger partial charge >= 0.3 is 0 Å². The van der Waals surface area contributed by atoms with Gasteiger partial charge in [-0.1, -0.05) is 22.4 Å². The van der Waals surface area contributed by atoms with Crippen molar-refractivity contribution in [2.24, 2.45) is 17.0 Å². The smallest absolute Gasteiger partial charge is 0.156 e. The summed E-state index contributed by atoms with van der Waals surface area (Å²) in [5, 5.41) is 20.8. The van der Waals surface area contributed by atoms with Gasteiger partial charge in [0, 0.05) is 6.42 Å². The maximum Gasteiger partial charge on any atom is 0.156 e. The minimum atomic E-state index is -0.256. The third kappa shape index (κ3) is 3.16. The molecular formula is C18H20FN3O3. The van der Waals surface area contributed by atoms with Crippen LogP contribution in [0.2, 0.25) is 0 Å². The van der Waals surface area contributed by atoms with Gasteiger partial charge in [-0.15, -0.1) is 0 Å². The fourth-order valence-corrected chi connectivity index (χ4v) is 3.99. The number of hydrogen-bond acceptors (Lipinski definition) is 6. The molecule has 2 aromatic rings. The maximum atomic E-state index is 13.4. The highest BCUT2D eigenvalue weighted by atomic mass is 19.1. The number of halogens is 1. The van der Waals surface area contributed by atoms with Crippen LogP contribution in [-0.2, 0) is 17.6 Å². The van der Waals surface area contributed by atoms with Crippen LogP contribution in [0.25, 0.3) is 0 Å². The normalized spacial score (nSPS) is 25.7. The minimum Gasteiger partial charge on any atom is -0.411 e. The summed E-state index contributed by atoms with van der Waals surface area (Å²) in [6.07, 6.45) is 3.58. The van der Waals surface area contributed by atoms with Gasteiger partial charge in [-0.2, -0.15) is 0 Å². The molecule has 1 N–H and O–H groups in total. The summed E-state index contributed by atoms with van der Waals surface area (Å²) in [5.74, 6) is 0.801. The molecule has 1 aromatic heterocycles. The lowest BCUT2D eigenvalue weighted by Crippen LogP contribution is -2.21. The highest BCUT2D eigenvalue weighted by Gasteiger charge is 2.41. The van der Waals surface area contributed by atoms with Crippen LogP contribution in [0, 0.1) is 24.6 Å². The van der Waals surface area contributed by atoms with E-state index in [0.29, 0.717) is 47.0 Å². The maximum absolute atomic E-state index is 13.4. The first-order chi connectivity index (χ1) is 12.1.